The smallest absolute Gasteiger partial charge is 0.170 e. The number of benzene rings is 1. The minimum Gasteiger partial charge on any atom is -0.409 e. The summed E-state index contributed by atoms with van der Waals surface area (Å²) in [5.74, 6) is 0.126. The van der Waals surface area contributed by atoms with Gasteiger partial charge >= 0.3 is 0 Å². The molecule has 20 heavy (non-hydrogen) atoms. The van der Waals surface area contributed by atoms with Gasteiger partial charge in [-0.15, -0.1) is 0 Å². The van der Waals surface area contributed by atoms with Crippen LogP contribution in [0.2, 0.25) is 0 Å². The molecule has 1 aromatic carbocycles. The molecule has 0 amide bonds. The third kappa shape index (κ3) is 3.61. The van der Waals surface area contributed by atoms with E-state index in [2.05, 4.69) is 15.0 Å². The van der Waals surface area contributed by atoms with Crippen molar-refractivity contribution in [1.29, 1.82) is 0 Å². The number of amidine groups is 1. The monoisotopic (exact) mass is 278 g/mol. The third-order valence-electron chi connectivity index (χ3n) is 3.64. The lowest BCUT2D eigenvalue weighted by Gasteiger charge is -2.23. The molecule has 0 bridgehead atoms. The van der Waals surface area contributed by atoms with Crippen LogP contribution in [0.4, 0.5) is 5.69 Å². The number of aliphatic hydroxyl groups is 1. The van der Waals surface area contributed by atoms with Gasteiger partial charge in [0.25, 0.3) is 0 Å². The predicted molar refractivity (Wildman–Crippen MR) is 79.3 cm³/mol. The zero-order chi connectivity index (χ0) is 14.4. The summed E-state index contributed by atoms with van der Waals surface area (Å²) in [5, 5.41) is 20.6. The van der Waals surface area contributed by atoms with E-state index in [4.69, 9.17) is 16.0 Å². The largest absolute Gasteiger partial charge is 0.409 e. The zero-order valence-electron chi connectivity index (χ0n) is 11.6. The molecule has 6 heteroatoms. The molecule has 0 unspecified atom stereocenters. The quantitative estimate of drug-likeness (QED) is 0.319. The van der Waals surface area contributed by atoms with Gasteiger partial charge in [0, 0.05) is 37.4 Å². The van der Waals surface area contributed by atoms with Crippen LogP contribution in [0.25, 0.3) is 0 Å². The molecule has 0 spiro atoms. The molecule has 0 atom stereocenters. The SMILES string of the molecule is N/C(=N/O)c1ccc(N2CCCN(CCO)CC2)cc1. The minimum absolute atomic E-state index is 0.126. The summed E-state index contributed by atoms with van der Waals surface area (Å²) in [6.45, 7) is 4.90. The van der Waals surface area contributed by atoms with E-state index in [0.29, 0.717) is 5.56 Å². The van der Waals surface area contributed by atoms with Crippen molar-refractivity contribution in [3.05, 3.63) is 29.8 Å². The minimum atomic E-state index is 0.126. The van der Waals surface area contributed by atoms with E-state index in [1.165, 1.54) is 0 Å². The Kier molecular flexibility index (Phi) is 5.20. The number of nitrogens with zero attached hydrogens (tertiary/aromatic N) is 3. The Balaban J connectivity index is 2.01. The van der Waals surface area contributed by atoms with Gasteiger partial charge in [-0.25, -0.2) is 0 Å². The van der Waals surface area contributed by atoms with Crippen molar-refractivity contribution < 1.29 is 10.3 Å². The summed E-state index contributed by atoms with van der Waals surface area (Å²) in [6, 6.07) is 7.71. The first kappa shape index (κ1) is 14.6. The first-order chi connectivity index (χ1) is 9.74. The lowest BCUT2D eigenvalue weighted by molar-refractivity contribution is 0.204. The van der Waals surface area contributed by atoms with E-state index in [9.17, 15) is 0 Å². The number of anilines is 1. The summed E-state index contributed by atoms with van der Waals surface area (Å²) in [6.07, 6.45) is 1.09. The molecule has 0 radical (unpaired) electrons. The highest BCUT2D eigenvalue weighted by molar-refractivity contribution is 5.97. The lowest BCUT2D eigenvalue weighted by atomic mass is 10.2. The molecule has 1 aromatic rings. The molecule has 1 aliphatic rings. The van der Waals surface area contributed by atoms with Crippen LogP contribution < -0.4 is 10.6 Å². The van der Waals surface area contributed by atoms with Crippen molar-refractivity contribution >= 4 is 11.5 Å². The standard InChI is InChI=1S/C14H22N4O2/c15-14(16-20)12-2-4-13(5-3-12)18-7-1-6-17(8-9-18)10-11-19/h2-5,19-20H,1,6-11H2,(H2,15,16). The predicted octanol–water partition coefficient (Wildman–Crippen LogP) is 0.286. The maximum Gasteiger partial charge on any atom is 0.170 e. The number of oxime groups is 1. The number of nitrogens with two attached hydrogens (primary N) is 1. The molecule has 2 rings (SSSR count). The van der Waals surface area contributed by atoms with Crippen LogP contribution in [0.3, 0.4) is 0 Å². The van der Waals surface area contributed by atoms with Gasteiger partial charge in [-0.05, 0) is 37.2 Å². The molecule has 0 aromatic heterocycles. The Hall–Kier alpha value is -1.79. The summed E-state index contributed by atoms with van der Waals surface area (Å²) in [7, 11) is 0. The van der Waals surface area contributed by atoms with Gasteiger partial charge < -0.3 is 20.9 Å². The van der Waals surface area contributed by atoms with Gasteiger partial charge in [-0.1, -0.05) is 5.16 Å². The van der Waals surface area contributed by atoms with Gasteiger partial charge in [0.15, 0.2) is 5.84 Å². The van der Waals surface area contributed by atoms with Crippen LogP contribution in [0, 0.1) is 0 Å². The average Bonchev–Trinajstić information content (AvgIpc) is 2.73. The maximum atomic E-state index is 9.00. The van der Waals surface area contributed by atoms with E-state index in [0.717, 1.165) is 44.8 Å². The Labute approximate surface area is 119 Å². The summed E-state index contributed by atoms with van der Waals surface area (Å²) >= 11 is 0. The van der Waals surface area contributed by atoms with E-state index in [1.807, 2.05) is 24.3 Å². The van der Waals surface area contributed by atoms with Crippen molar-refractivity contribution in [1.82, 2.24) is 4.90 Å². The summed E-state index contributed by atoms with van der Waals surface area (Å²) < 4.78 is 0. The topological polar surface area (TPSA) is 85.3 Å². The highest BCUT2D eigenvalue weighted by Crippen LogP contribution is 2.17. The Bertz CT molecular complexity index is 447. The third-order valence-corrected chi connectivity index (χ3v) is 3.64. The molecular formula is C14H22N4O2. The molecule has 0 saturated carbocycles. The fraction of sp³-hybridized carbons (Fsp3) is 0.500. The first-order valence-electron chi connectivity index (χ1n) is 6.90. The van der Waals surface area contributed by atoms with Crippen molar-refractivity contribution in [2.75, 3.05) is 44.2 Å². The van der Waals surface area contributed by atoms with Gasteiger partial charge in [0.1, 0.15) is 0 Å². The van der Waals surface area contributed by atoms with Crippen LogP contribution in [-0.2, 0) is 0 Å². The number of hydrogen-bond acceptors (Lipinski definition) is 5. The van der Waals surface area contributed by atoms with Crippen LogP contribution in [0.5, 0.6) is 0 Å². The number of aliphatic hydroxyl groups excluding tert-OH is 1. The van der Waals surface area contributed by atoms with E-state index in [-0.39, 0.29) is 12.4 Å². The fourth-order valence-corrected chi connectivity index (χ4v) is 2.49. The lowest BCUT2D eigenvalue weighted by Crippen LogP contribution is -2.32. The fourth-order valence-electron chi connectivity index (χ4n) is 2.49. The number of rotatable bonds is 4. The Morgan fingerprint density at radius 3 is 2.55 bits per heavy atom. The second-order valence-corrected chi connectivity index (χ2v) is 4.94. The van der Waals surface area contributed by atoms with Gasteiger partial charge in [-0.2, -0.15) is 0 Å². The molecule has 0 aliphatic carbocycles. The first-order valence-corrected chi connectivity index (χ1v) is 6.90. The van der Waals surface area contributed by atoms with E-state index < -0.39 is 0 Å². The number of hydrogen-bond donors (Lipinski definition) is 3. The van der Waals surface area contributed by atoms with Crippen molar-refractivity contribution in [2.24, 2.45) is 10.9 Å². The molecule has 1 saturated heterocycles. The normalized spacial score (nSPS) is 18.1. The zero-order valence-corrected chi connectivity index (χ0v) is 11.6. The highest BCUT2D eigenvalue weighted by atomic mass is 16.4. The maximum absolute atomic E-state index is 9.00. The molecule has 1 fully saturated rings. The van der Waals surface area contributed by atoms with E-state index in [1.54, 1.807) is 0 Å². The van der Waals surface area contributed by atoms with Crippen LogP contribution in [-0.4, -0.2) is 60.4 Å². The summed E-state index contributed by atoms with van der Waals surface area (Å²) in [4.78, 5) is 4.61. The number of β-amino-alcohol motifs (C(OH)–C–C–N with tert-alkyl or cyclic N) is 1. The van der Waals surface area contributed by atoms with Crippen LogP contribution >= 0.6 is 0 Å². The van der Waals surface area contributed by atoms with Crippen LogP contribution in [0.1, 0.15) is 12.0 Å². The Morgan fingerprint density at radius 1 is 1.15 bits per heavy atom. The molecule has 1 aliphatic heterocycles. The molecule has 4 N–H and O–H groups in total. The molecule has 6 nitrogen and oxygen atoms in total. The van der Waals surface area contributed by atoms with Crippen molar-refractivity contribution in [3.8, 4) is 0 Å². The Morgan fingerprint density at radius 2 is 1.90 bits per heavy atom. The van der Waals surface area contributed by atoms with Crippen LogP contribution in [0.15, 0.2) is 29.4 Å². The van der Waals surface area contributed by atoms with Crippen molar-refractivity contribution in [3.63, 3.8) is 0 Å². The van der Waals surface area contributed by atoms with Gasteiger partial charge in [0.2, 0.25) is 0 Å². The van der Waals surface area contributed by atoms with Gasteiger partial charge in [-0.3, -0.25) is 4.90 Å². The average molecular weight is 278 g/mol. The molecule has 1 heterocycles. The van der Waals surface area contributed by atoms with Crippen molar-refractivity contribution in [2.45, 2.75) is 6.42 Å². The molecule has 110 valence electrons. The summed E-state index contributed by atoms with van der Waals surface area (Å²) in [5.41, 5.74) is 7.41. The highest BCUT2D eigenvalue weighted by Gasteiger charge is 2.14. The van der Waals surface area contributed by atoms with E-state index >= 15 is 0 Å². The second kappa shape index (κ2) is 7.12. The molecular weight excluding hydrogens is 256 g/mol. The second-order valence-electron chi connectivity index (χ2n) is 4.94. The van der Waals surface area contributed by atoms with Gasteiger partial charge in [0.05, 0.1) is 6.61 Å².